The Morgan fingerprint density at radius 3 is 2.67 bits per heavy atom. The van der Waals surface area contributed by atoms with Crippen molar-refractivity contribution in [3.63, 3.8) is 0 Å². The summed E-state index contributed by atoms with van der Waals surface area (Å²) in [6.45, 7) is 6.01. The zero-order chi connectivity index (χ0) is 13.3. The normalized spacial score (nSPS) is 22.2. The quantitative estimate of drug-likeness (QED) is 0.907. The minimum absolute atomic E-state index is 0.0169. The van der Waals surface area contributed by atoms with Gasteiger partial charge < -0.3 is 10.2 Å². The number of hydrogen-bond acceptors (Lipinski definition) is 3. The van der Waals surface area contributed by atoms with Gasteiger partial charge >= 0.3 is 0 Å². The molecule has 0 saturated carbocycles. The van der Waals surface area contributed by atoms with E-state index in [-0.39, 0.29) is 30.3 Å². The van der Waals surface area contributed by atoms with Gasteiger partial charge in [0.2, 0.25) is 11.8 Å². The van der Waals surface area contributed by atoms with Gasteiger partial charge in [0.05, 0.1) is 6.04 Å². The van der Waals surface area contributed by atoms with E-state index in [1.807, 2.05) is 37.6 Å². The van der Waals surface area contributed by atoms with Crippen LogP contribution in [0.15, 0.2) is 16.8 Å². The smallest absolute Gasteiger partial charge is 0.246 e. The van der Waals surface area contributed by atoms with Gasteiger partial charge in [-0.15, -0.1) is 0 Å². The first-order valence-corrected chi connectivity index (χ1v) is 7.07. The van der Waals surface area contributed by atoms with Crippen LogP contribution in [0.25, 0.3) is 0 Å². The Bertz CT molecular complexity index is 442. The van der Waals surface area contributed by atoms with E-state index in [2.05, 4.69) is 5.32 Å². The highest BCUT2D eigenvalue weighted by Crippen LogP contribution is 2.25. The SMILES string of the molecule is CC(C)C1NC(=O)CN(C(C)c2ccsc2)C1=O. The number of hydrogen-bond donors (Lipinski definition) is 1. The number of rotatable bonds is 3. The predicted molar refractivity (Wildman–Crippen MR) is 71.2 cm³/mol. The van der Waals surface area contributed by atoms with Gasteiger partial charge in [0.25, 0.3) is 0 Å². The lowest BCUT2D eigenvalue weighted by atomic mass is 9.99. The fourth-order valence-corrected chi connectivity index (χ4v) is 2.91. The maximum atomic E-state index is 12.4. The molecule has 1 aromatic rings. The molecule has 2 heterocycles. The Kier molecular flexibility index (Phi) is 3.71. The van der Waals surface area contributed by atoms with E-state index in [0.29, 0.717) is 0 Å². The minimum atomic E-state index is -0.396. The number of amides is 2. The molecule has 4 nitrogen and oxygen atoms in total. The van der Waals surface area contributed by atoms with Crippen LogP contribution in [0.3, 0.4) is 0 Å². The van der Waals surface area contributed by atoms with Crippen molar-refractivity contribution in [3.05, 3.63) is 22.4 Å². The van der Waals surface area contributed by atoms with Crippen LogP contribution in [0.2, 0.25) is 0 Å². The van der Waals surface area contributed by atoms with Crippen molar-refractivity contribution in [2.45, 2.75) is 32.9 Å². The van der Waals surface area contributed by atoms with Gasteiger partial charge in [0, 0.05) is 0 Å². The molecule has 2 rings (SSSR count). The molecule has 1 aromatic heterocycles. The molecule has 0 aromatic carbocycles. The van der Waals surface area contributed by atoms with Crippen LogP contribution in [0, 0.1) is 5.92 Å². The molecule has 1 saturated heterocycles. The lowest BCUT2D eigenvalue weighted by Gasteiger charge is -2.37. The minimum Gasteiger partial charge on any atom is -0.343 e. The van der Waals surface area contributed by atoms with E-state index in [9.17, 15) is 9.59 Å². The average Bonchev–Trinajstić information content (AvgIpc) is 2.84. The molecule has 0 bridgehead atoms. The first-order valence-electron chi connectivity index (χ1n) is 6.12. The molecule has 0 radical (unpaired) electrons. The molecule has 2 atom stereocenters. The molecule has 1 aliphatic rings. The Labute approximate surface area is 111 Å². The van der Waals surface area contributed by atoms with Crippen LogP contribution < -0.4 is 5.32 Å². The van der Waals surface area contributed by atoms with Crippen molar-refractivity contribution in [1.82, 2.24) is 10.2 Å². The molecule has 5 heteroatoms. The Morgan fingerprint density at radius 2 is 2.11 bits per heavy atom. The highest BCUT2D eigenvalue weighted by Gasteiger charge is 2.37. The molecular formula is C13H18N2O2S. The molecule has 2 amide bonds. The van der Waals surface area contributed by atoms with E-state index in [4.69, 9.17) is 0 Å². The van der Waals surface area contributed by atoms with Crippen molar-refractivity contribution in [2.24, 2.45) is 5.92 Å². The summed E-state index contributed by atoms with van der Waals surface area (Å²) in [5.74, 6) is 0.0533. The second kappa shape index (κ2) is 5.10. The third-order valence-corrected chi connectivity index (χ3v) is 4.04. The summed E-state index contributed by atoms with van der Waals surface area (Å²) in [4.78, 5) is 25.7. The highest BCUT2D eigenvalue weighted by molar-refractivity contribution is 7.07. The van der Waals surface area contributed by atoms with Crippen LogP contribution in [-0.4, -0.2) is 29.3 Å². The highest BCUT2D eigenvalue weighted by atomic mass is 32.1. The molecule has 2 unspecified atom stereocenters. The summed E-state index contributed by atoms with van der Waals surface area (Å²) in [7, 11) is 0. The van der Waals surface area contributed by atoms with Crippen molar-refractivity contribution in [3.8, 4) is 0 Å². The molecule has 1 N–H and O–H groups in total. The van der Waals surface area contributed by atoms with Crippen LogP contribution in [0.1, 0.15) is 32.4 Å². The first-order chi connectivity index (χ1) is 8.50. The maximum Gasteiger partial charge on any atom is 0.246 e. The second-order valence-electron chi connectivity index (χ2n) is 4.99. The van der Waals surface area contributed by atoms with Crippen molar-refractivity contribution < 1.29 is 9.59 Å². The topological polar surface area (TPSA) is 49.4 Å². The second-order valence-corrected chi connectivity index (χ2v) is 5.77. The number of nitrogens with one attached hydrogen (secondary N) is 1. The first kappa shape index (κ1) is 13.1. The van der Waals surface area contributed by atoms with E-state index in [1.165, 1.54) is 0 Å². The summed E-state index contributed by atoms with van der Waals surface area (Å²) in [5, 5.41) is 6.78. The summed E-state index contributed by atoms with van der Waals surface area (Å²) in [5.41, 5.74) is 1.09. The fraction of sp³-hybridized carbons (Fsp3) is 0.538. The molecule has 1 aliphatic heterocycles. The molecule has 0 spiro atoms. The fourth-order valence-electron chi connectivity index (χ4n) is 2.16. The van der Waals surface area contributed by atoms with Crippen LogP contribution in [-0.2, 0) is 9.59 Å². The summed E-state index contributed by atoms with van der Waals surface area (Å²) >= 11 is 1.60. The van der Waals surface area contributed by atoms with Gasteiger partial charge in [0.15, 0.2) is 0 Å². The summed E-state index contributed by atoms with van der Waals surface area (Å²) < 4.78 is 0. The molecular weight excluding hydrogens is 248 g/mol. The van der Waals surface area contributed by atoms with E-state index < -0.39 is 6.04 Å². The maximum absolute atomic E-state index is 12.4. The lowest BCUT2D eigenvalue weighted by Crippen LogP contribution is -2.60. The van der Waals surface area contributed by atoms with Crippen molar-refractivity contribution >= 4 is 23.2 Å². The summed E-state index contributed by atoms with van der Waals surface area (Å²) in [6.07, 6.45) is 0. The summed E-state index contributed by atoms with van der Waals surface area (Å²) in [6, 6.07) is 1.56. The number of carbonyl (C=O) groups excluding carboxylic acids is 2. The standard InChI is InChI=1S/C13H18N2O2S/c1-8(2)12-13(17)15(6-11(16)14-12)9(3)10-4-5-18-7-10/h4-5,7-9,12H,6H2,1-3H3,(H,14,16). The Hall–Kier alpha value is -1.36. The van der Waals surface area contributed by atoms with E-state index >= 15 is 0 Å². The number of carbonyl (C=O) groups is 2. The van der Waals surface area contributed by atoms with Gasteiger partial charge in [-0.2, -0.15) is 11.3 Å². The van der Waals surface area contributed by atoms with Crippen molar-refractivity contribution in [1.29, 1.82) is 0 Å². The number of thiophene rings is 1. The van der Waals surface area contributed by atoms with Crippen LogP contribution >= 0.6 is 11.3 Å². The van der Waals surface area contributed by atoms with E-state index in [1.54, 1.807) is 16.2 Å². The Balaban J connectivity index is 2.21. The molecule has 98 valence electrons. The zero-order valence-electron chi connectivity index (χ0n) is 10.8. The van der Waals surface area contributed by atoms with Gasteiger partial charge in [-0.05, 0) is 35.2 Å². The average molecular weight is 266 g/mol. The monoisotopic (exact) mass is 266 g/mol. The van der Waals surface area contributed by atoms with Gasteiger partial charge in [-0.1, -0.05) is 13.8 Å². The van der Waals surface area contributed by atoms with Crippen LogP contribution in [0.4, 0.5) is 0 Å². The van der Waals surface area contributed by atoms with E-state index in [0.717, 1.165) is 5.56 Å². The largest absolute Gasteiger partial charge is 0.343 e. The van der Waals surface area contributed by atoms with Crippen LogP contribution in [0.5, 0.6) is 0 Å². The van der Waals surface area contributed by atoms with Crippen molar-refractivity contribution in [2.75, 3.05) is 6.54 Å². The Morgan fingerprint density at radius 1 is 1.39 bits per heavy atom. The van der Waals surface area contributed by atoms with Gasteiger partial charge in [-0.25, -0.2) is 0 Å². The number of piperazine rings is 1. The lowest BCUT2D eigenvalue weighted by molar-refractivity contribution is -0.147. The number of nitrogens with zero attached hydrogens (tertiary/aromatic N) is 1. The molecule has 0 aliphatic carbocycles. The molecule has 18 heavy (non-hydrogen) atoms. The van der Waals surface area contributed by atoms with Gasteiger partial charge in [-0.3, -0.25) is 9.59 Å². The third kappa shape index (κ3) is 2.41. The zero-order valence-corrected chi connectivity index (χ0v) is 11.7. The third-order valence-electron chi connectivity index (χ3n) is 3.34. The van der Waals surface area contributed by atoms with Gasteiger partial charge in [0.1, 0.15) is 12.6 Å². The predicted octanol–water partition coefficient (Wildman–Crippen LogP) is 1.79. The molecule has 1 fully saturated rings.